The van der Waals surface area contributed by atoms with E-state index in [-0.39, 0.29) is 0 Å². The fourth-order valence-electron chi connectivity index (χ4n) is 1.58. The highest BCUT2D eigenvalue weighted by molar-refractivity contribution is 5.45. The summed E-state index contributed by atoms with van der Waals surface area (Å²) in [6.07, 6.45) is 5.59. The average molecular weight is 223 g/mol. The molecule has 1 heterocycles. The van der Waals surface area contributed by atoms with Crippen molar-refractivity contribution in [3.63, 3.8) is 0 Å². The highest BCUT2D eigenvalue weighted by Gasteiger charge is 2.06. The number of aryl methyl sites for hydroxylation is 1. The van der Waals surface area contributed by atoms with Crippen LogP contribution in [0.15, 0.2) is 6.20 Å². The Bertz CT molecular complexity index is 304. The zero-order valence-corrected chi connectivity index (χ0v) is 11.1. The standard InChI is InChI=1S/C13H25N3/c1-5-7-8-16-12(4)13(10-15-16)14-9-11(3)6-2/h10-11,14H,5-9H2,1-4H3. The third-order valence-corrected chi connectivity index (χ3v) is 3.16. The molecule has 0 aliphatic heterocycles. The molecular weight excluding hydrogens is 198 g/mol. The molecule has 3 nitrogen and oxygen atoms in total. The van der Waals surface area contributed by atoms with Crippen molar-refractivity contribution in [2.45, 2.75) is 53.5 Å². The van der Waals surface area contributed by atoms with Crippen molar-refractivity contribution in [2.75, 3.05) is 11.9 Å². The molecule has 1 atom stereocenters. The first-order valence-corrected chi connectivity index (χ1v) is 6.45. The van der Waals surface area contributed by atoms with E-state index in [0.29, 0.717) is 0 Å². The molecule has 0 aliphatic rings. The summed E-state index contributed by atoms with van der Waals surface area (Å²) in [5, 5.41) is 7.89. The molecule has 0 amide bonds. The minimum atomic E-state index is 0.721. The first-order valence-electron chi connectivity index (χ1n) is 6.45. The normalized spacial score (nSPS) is 12.8. The van der Waals surface area contributed by atoms with Crippen molar-refractivity contribution >= 4 is 5.69 Å². The molecule has 0 radical (unpaired) electrons. The smallest absolute Gasteiger partial charge is 0.0756 e. The van der Waals surface area contributed by atoms with Crippen molar-refractivity contribution < 1.29 is 0 Å². The molecule has 1 aromatic heterocycles. The lowest BCUT2D eigenvalue weighted by atomic mass is 10.1. The second-order valence-electron chi connectivity index (χ2n) is 4.61. The van der Waals surface area contributed by atoms with Gasteiger partial charge in [0.15, 0.2) is 0 Å². The molecule has 0 saturated carbocycles. The third kappa shape index (κ3) is 3.54. The Morgan fingerprint density at radius 3 is 2.81 bits per heavy atom. The van der Waals surface area contributed by atoms with Gasteiger partial charge in [0.1, 0.15) is 0 Å². The summed E-state index contributed by atoms with van der Waals surface area (Å²) in [4.78, 5) is 0. The lowest BCUT2D eigenvalue weighted by Crippen LogP contribution is -2.11. The summed E-state index contributed by atoms with van der Waals surface area (Å²) in [5.74, 6) is 0.721. The van der Waals surface area contributed by atoms with Gasteiger partial charge in [-0.3, -0.25) is 4.68 Å². The van der Waals surface area contributed by atoms with Gasteiger partial charge in [-0.1, -0.05) is 33.6 Å². The van der Waals surface area contributed by atoms with Gasteiger partial charge in [0.05, 0.1) is 17.6 Å². The number of unbranched alkanes of at least 4 members (excludes halogenated alkanes) is 1. The molecule has 0 bridgehead atoms. The van der Waals surface area contributed by atoms with Crippen LogP contribution in [0.2, 0.25) is 0 Å². The molecule has 1 aromatic rings. The maximum Gasteiger partial charge on any atom is 0.0756 e. The van der Waals surface area contributed by atoms with Gasteiger partial charge in [-0.2, -0.15) is 5.10 Å². The lowest BCUT2D eigenvalue weighted by molar-refractivity contribution is 0.558. The lowest BCUT2D eigenvalue weighted by Gasteiger charge is -2.11. The molecule has 0 aliphatic carbocycles. The van der Waals surface area contributed by atoms with Crippen LogP contribution < -0.4 is 5.32 Å². The van der Waals surface area contributed by atoms with Gasteiger partial charge in [-0.25, -0.2) is 0 Å². The van der Waals surface area contributed by atoms with Crippen molar-refractivity contribution in [1.29, 1.82) is 0 Å². The summed E-state index contributed by atoms with van der Waals surface area (Å²) < 4.78 is 2.10. The van der Waals surface area contributed by atoms with Gasteiger partial charge in [0.25, 0.3) is 0 Å². The van der Waals surface area contributed by atoms with E-state index in [1.807, 2.05) is 6.20 Å². The Morgan fingerprint density at radius 1 is 1.44 bits per heavy atom. The fourth-order valence-corrected chi connectivity index (χ4v) is 1.58. The molecule has 0 spiro atoms. The van der Waals surface area contributed by atoms with Crippen molar-refractivity contribution in [1.82, 2.24) is 9.78 Å². The molecule has 1 rings (SSSR count). The molecule has 0 fully saturated rings. The van der Waals surface area contributed by atoms with Gasteiger partial charge >= 0.3 is 0 Å². The summed E-state index contributed by atoms with van der Waals surface area (Å²) in [5.41, 5.74) is 2.45. The number of hydrogen-bond donors (Lipinski definition) is 1. The molecular formula is C13H25N3. The van der Waals surface area contributed by atoms with E-state index in [1.165, 1.54) is 30.6 Å². The number of rotatable bonds is 7. The number of nitrogens with one attached hydrogen (secondary N) is 1. The van der Waals surface area contributed by atoms with E-state index in [1.54, 1.807) is 0 Å². The van der Waals surface area contributed by atoms with Crippen LogP contribution in [-0.2, 0) is 6.54 Å². The van der Waals surface area contributed by atoms with Gasteiger partial charge in [-0.15, -0.1) is 0 Å². The summed E-state index contributed by atoms with van der Waals surface area (Å²) in [6, 6.07) is 0. The van der Waals surface area contributed by atoms with Gasteiger partial charge in [0.2, 0.25) is 0 Å². The van der Waals surface area contributed by atoms with Crippen molar-refractivity contribution in [3.8, 4) is 0 Å². The number of aromatic nitrogens is 2. The second kappa shape index (κ2) is 6.56. The van der Waals surface area contributed by atoms with Crippen LogP contribution >= 0.6 is 0 Å². The number of hydrogen-bond acceptors (Lipinski definition) is 2. The molecule has 1 unspecified atom stereocenters. The van der Waals surface area contributed by atoms with Crippen molar-refractivity contribution in [3.05, 3.63) is 11.9 Å². The first-order chi connectivity index (χ1) is 7.69. The van der Waals surface area contributed by atoms with Crippen LogP contribution in [0.1, 0.15) is 45.7 Å². The fraction of sp³-hybridized carbons (Fsp3) is 0.769. The molecule has 0 saturated heterocycles. The average Bonchev–Trinajstić information content (AvgIpc) is 2.64. The van der Waals surface area contributed by atoms with Gasteiger partial charge < -0.3 is 5.32 Å². The monoisotopic (exact) mass is 223 g/mol. The summed E-state index contributed by atoms with van der Waals surface area (Å²) >= 11 is 0. The van der Waals surface area contributed by atoms with Crippen LogP contribution in [0.4, 0.5) is 5.69 Å². The Balaban J connectivity index is 2.51. The zero-order valence-electron chi connectivity index (χ0n) is 11.1. The van der Waals surface area contributed by atoms with E-state index in [4.69, 9.17) is 0 Å². The largest absolute Gasteiger partial charge is 0.382 e. The SMILES string of the molecule is CCCCn1ncc(NCC(C)CC)c1C. The Morgan fingerprint density at radius 2 is 2.19 bits per heavy atom. The highest BCUT2D eigenvalue weighted by atomic mass is 15.3. The van der Waals surface area contributed by atoms with Crippen LogP contribution in [0, 0.1) is 12.8 Å². The van der Waals surface area contributed by atoms with E-state index in [9.17, 15) is 0 Å². The predicted molar refractivity (Wildman–Crippen MR) is 69.8 cm³/mol. The van der Waals surface area contributed by atoms with Gasteiger partial charge in [-0.05, 0) is 19.3 Å². The topological polar surface area (TPSA) is 29.9 Å². The van der Waals surface area contributed by atoms with E-state index >= 15 is 0 Å². The van der Waals surface area contributed by atoms with E-state index < -0.39 is 0 Å². The molecule has 92 valence electrons. The minimum absolute atomic E-state index is 0.721. The summed E-state index contributed by atoms with van der Waals surface area (Å²) in [7, 11) is 0. The Hall–Kier alpha value is -0.990. The zero-order chi connectivity index (χ0) is 12.0. The first kappa shape index (κ1) is 13.1. The maximum absolute atomic E-state index is 4.41. The predicted octanol–water partition coefficient (Wildman–Crippen LogP) is 3.45. The van der Waals surface area contributed by atoms with Gasteiger partial charge in [0, 0.05) is 13.1 Å². The number of nitrogens with zero attached hydrogens (tertiary/aromatic N) is 2. The molecule has 16 heavy (non-hydrogen) atoms. The maximum atomic E-state index is 4.41. The Kier molecular flexibility index (Phi) is 5.36. The van der Waals surface area contributed by atoms with Crippen LogP contribution in [0.3, 0.4) is 0 Å². The van der Waals surface area contributed by atoms with Crippen LogP contribution in [0.5, 0.6) is 0 Å². The summed E-state index contributed by atoms with van der Waals surface area (Å²) in [6.45, 7) is 10.9. The second-order valence-corrected chi connectivity index (χ2v) is 4.61. The van der Waals surface area contributed by atoms with E-state index in [2.05, 4.69) is 42.8 Å². The minimum Gasteiger partial charge on any atom is -0.382 e. The molecule has 1 N–H and O–H groups in total. The molecule has 3 heteroatoms. The third-order valence-electron chi connectivity index (χ3n) is 3.16. The quantitative estimate of drug-likeness (QED) is 0.767. The number of anilines is 1. The Labute approximate surface area is 99.2 Å². The van der Waals surface area contributed by atoms with Crippen LogP contribution in [0.25, 0.3) is 0 Å². The van der Waals surface area contributed by atoms with Crippen molar-refractivity contribution in [2.24, 2.45) is 5.92 Å². The van der Waals surface area contributed by atoms with Crippen LogP contribution in [-0.4, -0.2) is 16.3 Å². The van der Waals surface area contributed by atoms with E-state index in [0.717, 1.165) is 19.0 Å². The molecule has 0 aromatic carbocycles. The highest BCUT2D eigenvalue weighted by Crippen LogP contribution is 2.15.